The number of benzene rings is 2. The summed E-state index contributed by atoms with van der Waals surface area (Å²) in [4.78, 5) is 13.5. The summed E-state index contributed by atoms with van der Waals surface area (Å²) in [6.45, 7) is 21.6. The second-order valence-corrected chi connectivity index (χ2v) is 10.5. The molecule has 0 atom stereocenters. The molecule has 0 aliphatic rings. The van der Waals surface area contributed by atoms with Gasteiger partial charge in [-0.2, -0.15) is 6.21 Å². The van der Waals surface area contributed by atoms with Crippen molar-refractivity contribution in [2.24, 2.45) is 9.98 Å². The molecule has 2 aromatic carbocycles. The summed E-state index contributed by atoms with van der Waals surface area (Å²) in [6, 6.07) is 17.0. The van der Waals surface area contributed by atoms with Gasteiger partial charge in [0.15, 0.2) is 0 Å². The fourth-order valence-corrected chi connectivity index (χ4v) is 4.20. The number of aliphatic imine (C=N–C) groups is 2. The summed E-state index contributed by atoms with van der Waals surface area (Å²) in [7, 11) is 0. The monoisotopic (exact) mass is 538 g/mol. The number of aromatic nitrogens is 1. The van der Waals surface area contributed by atoms with Gasteiger partial charge in [-0.1, -0.05) is 104 Å². The number of nitrogens with zero attached hydrogens (tertiary/aromatic N) is 3. The average molecular weight is 539 g/mol. The number of hydrogen-bond donors (Lipinski definition) is 0. The van der Waals surface area contributed by atoms with Crippen LogP contribution in [0.2, 0.25) is 0 Å². The van der Waals surface area contributed by atoms with Crippen molar-refractivity contribution in [1.29, 1.82) is 0 Å². The summed E-state index contributed by atoms with van der Waals surface area (Å²) >= 11 is 0. The van der Waals surface area contributed by atoms with Crippen molar-refractivity contribution in [2.45, 2.75) is 92.9 Å². The first-order valence-corrected chi connectivity index (χ1v) is 13.2. The van der Waals surface area contributed by atoms with Gasteiger partial charge in [0.05, 0.1) is 5.69 Å². The van der Waals surface area contributed by atoms with Gasteiger partial charge >= 0.3 is 0 Å². The molecule has 3 nitrogen and oxygen atoms in total. The molecular weight excluding hydrogens is 494 g/mol. The molecule has 0 fully saturated rings. The van der Waals surface area contributed by atoms with Crippen LogP contribution in [-0.4, -0.2) is 16.9 Å². The molecule has 4 heteroatoms. The van der Waals surface area contributed by atoms with Crippen molar-refractivity contribution in [3.05, 3.63) is 88.7 Å². The Kier molecular flexibility index (Phi) is 13.7. The summed E-state index contributed by atoms with van der Waals surface area (Å²) in [6.07, 6.45) is 6.56. The van der Waals surface area contributed by atoms with Crippen LogP contribution in [0.5, 0.6) is 0 Å². The first-order chi connectivity index (χ1) is 17.1. The quantitative estimate of drug-likeness (QED) is 0.168. The molecule has 0 amide bonds. The van der Waals surface area contributed by atoms with Gasteiger partial charge in [0.25, 0.3) is 0 Å². The van der Waals surface area contributed by atoms with Crippen LogP contribution in [0, 0.1) is 0 Å². The van der Waals surface area contributed by atoms with Crippen LogP contribution >= 0.6 is 0 Å². The zero-order valence-corrected chi connectivity index (χ0v) is 25.4. The third-order valence-corrected chi connectivity index (χ3v) is 6.27. The van der Waals surface area contributed by atoms with Crippen LogP contribution < -0.4 is 0 Å². The van der Waals surface area contributed by atoms with E-state index in [0.29, 0.717) is 23.7 Å². The SMILES string of the molecule is CC(=Nc1c(C(C)C)cccc1C(C)C)c1cccnc1.C[C-]=Nc1c(C(C)C)cccc1C(C)C.[Fe]. The second kappa shape index (κ2) is 15.6. The van der Waals surface area contributed by atoms with Crippen molar-refractivity contribution in [3.8, 4) is 0 Å². The van der Waals surface area contributed by atoms with E-state index in [1.165, 1.54) is 22.3 Å². The molecule has 0 bridgehead atoms. The molecule has 0 unspecified atom stereocenters. The number of hydrogen-bond acceptors (Lipinski definition) is 3. The molecule has 0 radical (unpaired) electrons. The van der Waals surface area contributed by atoms with Gasteiger partial charge < -0.3 is 4.99 Å². The van der Waals surface area contributed by atoms with E-state index in [0.717, 1.165) is 22.6 Å². The van der Waals surface area contributed by atoms with E-state index < -0.39 is 0 Å². The van der Waals surface area contributed by atoms with Crippen molar-refractivity contribution in [1.82, 2.24) is 4.98 Å². The Morgan fingerprint density at radius 2 is 1.11 bits per heavy atom. The largest absolute Gasteiger partial charge is 0.456 e. The molecular formula is C33H44FeN3-. The minimum absolute atomic E-state index is 0. The van der Waals surface area contributed by atoms with E-state index in [2.05, 4.69) is 121 Å². The van der Waals surface area contributed by atoms with Crippen LogP contribution in [0.15, 0.2) is 70.9 Å². The molecule has 0 spiro atoms. The predicted molar refractivity (Wildman–Crippen MR) is 158 cm³/mol. The van der Waals surface area contributed by atoms with Crippen molar-refractivity contribution in [2.75, 3.05) is 0 Å². The molecule has 3 rings (SSSR count). The predicted octanol–water partition coefficient (Wildman–Crippen LogP) is 10.00. The van der Waals surface area contributed by atoms with Gasteiger partial charge in [-0.15, -0.1) is 18.1 Å². The molecule has 0 aliphatic heterocycles. The van der Waals surface area contributed by atoms with E-state index in [9.17, 15) is 0 Å². The Morgan fingerprint density at radius 3 is 1.46 bits per heavy atom. The molecule has 37 heavy (non-hydrogen) atoms. The number of pyridine rings is 1. The van der Waals surface area contributed by atoms with Gasteiger partial charge in [0.2, 0.25) is 0 Å². The van der Waals surface area contributed by atoms with E-state index in [1.807, 2.05) is 19.2 Å². The first kappa shape index (κ1) is 32.5. The molecule has 1 aromatic heterocycles. The van der Waals surface area contributed by atoms with Crippen LogP contribution in [0.4, 0.5) is 11.4 Å². The topological polar surface area (TPSA) is 37.6 Å². The molecule has 1 heterocycles. The van der Waals surface area contributed by atoms with E-state index >= 15 is 0 Å². The van der Waals surface area contributed by atoms with Crippen LogP contribution in [0.3, 0.4) is 0 Å². The van der Waals surface area contributed by atoms with Crippen molar-refractivity contribution < 1.29 is 17.1 Å². The van der Waals surface area contributed by atoms with Gasteiger partial charge in [-0.05, 0) is 47.8 Å². The van der Waals surface area contributed by atoms with Gasteiger partial charge in [0.1, 0.15) is 0 Å². The van der Waals surface area contributed by atoms with Gasteiger partial charge in [-0.25, -0.2) is 0 Å². The average Bonchev–Trinajstić information content (AvgIpc) is 2.84. The normalized spacial score (nSPS) is 11.8. The van der Waals surface area contributed by atoms with Crippen LogP contribution in [-0.2, 0) is 17.1 Å². The number of para-hydroxylation sites is 2. The zero-order valence-electron chi connectivity index (χ0n) is 24.3. The Bertz CT molecular complexity index is 1110. The van der Waals surface area contributed by atoms with Gasteiger partial charge in [0, 0.05) is 40.7 Å². The molecule has 200 valence electrons. The molecule has 0 aliphatic carbocycles. The van der Waals surface area contributed by atoms with Gasteiger partial charge in [-0.3, -0.25) is 9.98 Å². The maximum absolute atomic E-state index is 4.95. The first-order valence-electron chi connectivity index (χ1n) is 13.2. The standard InChI is InChI=1S/C19H24N2.C14H20N.Fe/c1-13(2)17-9-6-10-18(14(3)4)19(17)21-15(5)16-8-7-11-20-12-16;1-6-15-14-12(10(2)3)8-7-9-13(14)11(4)5;/h6-14H,1-5H3;7-11H,1-5H3;/q;-1;. The maximum Gasteiger partial charge on any atom is 0.0702 e. The summed E-state index contributed by atoms with van der Waals surface area (Å²) in [5.74, 6) is 1.94. The molecule has 0 saturated carbocycles. The maximum atomic E-state index is 4.95. The minimum atomic E-state index is 0. The van der Waals surface area contributed by atoms with Crippen LogP contribution in [0.25, 0.3) is 0 Å². The Balaban J connectivity index is 0.000000381. The smallest absolute Gasteiger partial charge is 0.0702 e. The Labute approximate surface area is 236 Å². The van der Waals surface area contributed by atoms with Crippen molar-refractivity contribution in [3.63, 3.8) is 0 Å². The Hall–Kier alpha value is -2.55. The summed E-state index contributed by atoms with van der Waals surface area (Å²) in [5.41, 5.74) is 9.58. The third-order valence-electron chi connectivity index (χ3n) is 6.27. The van der Waals surface area contributed by atoms with E-state index in [1.54, 1.807) is 6.20 Å². The fourth-order valence-electron chi connectivity index (χ4n) is 4.20. The summed E-state index contributed by atoms with van der Waals surface area (Å²) < 4.78 is 0. The Morgan fingerprint density at radius 1 is 0.676 bits per heavy atom. The zero-order chi connectivity index (χ0) is 26.8. The fraction of sp³-hybridized carbons (Fsp3) is 0.424. The molecule has 0 N–H and O–H groups in total. The molecule has 3 aromatic rings. The minimum Gasteiger partial charge on any atom is -0.456 e. The van der Waals surface area contributed by atoms with E-state index in [4.69, 9.17) is 4.99 Å². The molecule has 0 saturated heterocycles. The van der Waals surface area contributed by atoms with Crippen LogP contribution in [0.1, 0.15) is 121 Å². The summed E-state index contributed by atoms with van der Waals surface area (Å²) in [5, 5.41) is 0. The number of rotatable bonds is 7. The van der Waals surface area contributed by atoms with Crippen molar-refractivity contribution >= 4 is 23.3 Å². The third kappa shape index (κ3) is 9.05. The second-order valence-electron chi connectivity index (χ2n) is 10.5. The van der Waals surface area contributed by atoms with E-state index in [-0.39, 0.29) is 17.1 Å².